The van der Waals surface area contributed by atoms with E-state index in [0.717, 1.165) is 16.1 Å². The molecule has 0 saturated heterocycles. The highest BCUT2D eigenvalue weighted by Crippen LogP contribution is 2.22. The Kier molecular flexibility index (Phi) is 4.95. The molecule has 27 heavy (non-hydrogen) atoms. The fraction of sp³-hybridized carbons (Fsp3) is 0.111. The molecular weight excluding hydrogens is 380 g/mol. The van der Waals surface area contributed by atoms with E-state index in [1.807, 2.05) is 54.0 Å². The lowest BCUT2D eigenvalue weighted by atomic mass is 10.3. The summed E-state index contributed by atoms with van der Waals surface area (Å²) in [4.78, 5) is 13.3. The van der Waals surface area contributed by atoms with Crippen LogP contribution >= 0.6 is 23.6 Å². The van der Waals surface area contributed by atoms with Gasteiger partial charge >= 0.3 is 0 Å². The molecule has 1 amide bonds. The van der Waals surface area contributed by atoms with Gasteiger partial charge in [-0.15, -0.1) is 11.3 Å². The molecule has 1 aromatic carbocycles. The molecule has 0 saturated carbocycles. The molecule has 4 aromatic rings. The van der Waals surface area contributed by atoms with E-state index in [0.29, 0.717) is 17.1 Å². The highest BCUT2D eigenvalue weighted by Gasteiger charge is 2.13. The smallest absolute Gasteiger partial charge is 0.240 e. The van der Waals surface area contributed by atoms with Gasteiger partial charge in [0, 0.05) is 18.3 Å². The number of hydrogen-bond acceptors (Lipinski definition) is 5. The van der Waals surface area contributed by atoms with Crippen LogP contribution in [0.15, 0.2) is 60.2 Å². The minimum absolute atomic E-state index is 0.107. The van der Waals surface area contributed by atoms with Crippen LogP contribution in [0.25, 0.3) is 16.4 Å². The van der Waals surface area contributed by atoms with Gasteiger partial charge in [-0.3, -0.25) is 14.5 Å². The van der Waals surface area contributed by atoms with Crippen LogP contribution in [0.5, 0.6) is 0 Å². The predicted molar refractivity (Wildman–Crippen MR) is 106 cm³/mol. The van der Waals surface area contributed by atoms with Crippen molar-refractivity contribution >= 4 is 29.5 Å². The normalized spacial score (nSPS) is 10.8. The number of nitrogens with one attached hydrogen (secondary N) is 2. The molecular formula is C18H16N6OS2. The molecule has 3 aromatic heterocycles. The van der Waals surface area contributed by atoms with Crippen molar-refractivity contribution < 1.29 is 4.79 Å². The Morgan fingerprint density at radius 3 is 2.85 bits per heavy atom. The molecule has 0 aliphatic heterocycles. The molecule has 0 atom stereocenters. The van der Waals surface area contributed by atoms with Crippen LogP contribution in [0, 0.1) is 4.77 Å². The Bertz CT molecular complexity index is 1090. The highest BCUT2D eigenvalue weighted by molar-refractivity contribution is 7.71. The van der Waals surface area contributed by atoms with E-state index in [1.54, 1.807) is 26.8 Å². The molecule has 0 bridgehead atoms. The van der Waals surface area contributed by atoms with Crippen LogP contribution in [0.1, 0.15) is 5.56 Å². The lowest BCUT2D eigenvalue weighted by molar-refractivity contribution is -0.121. The number of carbonyl (C=O) groups is 1. The second kappa shape index (κ2) is 7.68. The van der Waals surface area contributed by atoms with Crippen molar-refractivity contribution in [1.29, 1.82) is 0 Å². The Morgan fingerprint density at radius 1 is 1.22 bits per heavy atom. The zero-order chi connectivity index (χ0) is 18.6. The third-order valence-electron chi connectivity index (χ3n) is 3.95. The number of hydrogen-bond donors (Lipinski definition) is 2. The number of aromatic nitrogens is 5. The van der Waals surface area contributed by atoms with Crippen molar-refractivity contribution in [2.24, 2.45) is 0 Å². The van der Waals surface area contributed by atoms with Gasteiger partial charge in [-0.1, -0.05) is 24.3 Å². The molecule has 4 rings (SSSR count). The minimum atomic E-state index is -0.141. The number of benzene rings is 1. The predicted octanol–water partition coefficient (Wildman–Crippen LogP) is 3.17. The molecule has 0 aliphatic rings. The van der Waals surface area contributed by atoms with E-state index in [9.17, 15) is 4.79 Å². The van der Waals surface area contributed by atoms with Crippen LogP contribution in [0.3, 0.4) is 0 Å². The van der Waals surface area contributed by atoms with Gasteiger partial charge in [0.05, 0.1) is 16.8 Å². The molecule has 3 heterocycles. The van der Waals surface area contributed by atoms with Gasteiger partial charge in [0.15, 0.2) is 10.6 Å². The summed E-state index contributed by atoms with van der Waals surface area (Å²) in [6.07, 6.45) is 3.64. The van der Waals surface area contributed by atoms with Crippen molar-refractivity contribution in [3.8, 4) is 16.4 Å². The van der Waals surface area contributed by atoms with Gasteiger partial charge in [0.2, 0.25) is 5.91 Å². The van der Waals surface area contributed by atoms with Crippen LogP contribution in [0.4, 0.5) is 0 Å². The maximum absolute atomic E-state index is 12.4. The molecule has 7 nitrogen and oxygen atoms in total. The molecule has 0 fully saturated rings. The van der Waals surface area contributed by atoms with E-state index in [1.165, 1.54) is 0 Å². The van der Waals surface area contributed by atoms with Crippen molar-refractivity contribution in [2.45, 2.75) is 13.1 Å². The van der Waals surface area contributed by atoms with Crippen LogP contribution in [-0.2, 0) is 17.9 Å². The summed E-state index contributed by atoms with van der Waals surface area (Å²) in [5.41, 5.74) is 1.89. The van der Waals surface area contributed by atoms with E-state index in [-0.39, 0.29) is 12.5 Å². The first kappa shape index (κ1) is 17.4. The number of H-pyrrole nitrogens is 1. The standard InChI is InChI=1S/C18H16N6OS2/c25-16(12-23-17(21-22-18(23)26)15-7-4-8-27-15)19-9-13-10-20-24(11-13)14-5-2-1-3-6-14/h1-8,10-11H,9,12H2,(H,19,25)(H,22,26). The first-order valence-corrected chi connectivity index (χ1v) is 9.54. The first-order chi connectivity index (χ1) is 13.2. The Balaban J connectivity index is 1.41. The van der Waals surface area contributed by atoms with Gasteiger partial charge in [-0.25, -0.2) is 4.68 Å². The topological polar surface area (TPSA) is 80.5 Å². The Labute approximate surface area is 164 Å². The Hall–Kier alpha value is -3.04. The molecule has 0 aliphatic carbocycles. The summed E-state index contributed by atoms with van der Waals surface area (Å²) in [5, 5.41) is 16.2. The zero-order valence-electron chi connectivity index (χ0n) is 14.2. The number of rotatable bonds is 6. The van der Waals surface area contributed by atoms with E-state index in [4.69, 9.17) is 12.2 Å². The summed E-state index contributed by atoms with van der Waals surface area (Å²) in [7, 11) is 0. The summed E-state index contributed by atoms with van der Waals surface area (Å²) in [5.74, 6) is 0.528. The maximum atomic E-state index is 12.4. The summed E-state index contributed by atoms with van der Waals surface area (Å²) in [6, 6.07) is 13.7. The highest BCUT2D eigenvalue weighted by atomic mass is 32.1. The number of amides is 1. The third-order valence-corrected chi connectivity index (χ3v) is 5.13. The van der Waals surface area contributed by atoms with Gasteiger partial charge in [-0.05, 0) is 35.8 Å². The van der Waals surface area contributed by atoms with Gasteiger partial charge in [-0.2, -0.15) is 10.2 Å². The van der Waals surface area contributed by atoms with Gasteiger partial charge in [0.25, 0.3) is 0 Å². The molecule has 0 spiro atoms. The van der Waals surface area contributed by atoms with Crippen molar-refractivity contribution in [2.75, 3.05) is 0 Å². The lowest BCUT2D eigenvalue weighted by Crippen LogP contribution is -2.27. The second-order valence-corrected chi connectivity index (χ2v) is 7.16. The molecule has 2 N–H and O–H groups in total. The van der Waals surface area contributed by atoms with Gasteiger partial charge in [0.1, 0.15) is 6.54 Å². The van der Waals surface area contributed by atoms with Crippen LogP contribution < -0.4 is 5.32 Å². The fourth-order valence-corrected chi connectivity index (χ4v) is 3.55. The Morgan fingerprint density at radius 2 is 2.07 bits per heavy atom. The quantitative estimate of drug-likeness (QED) is 0.491. The molecule has 9 heteroatoms. The van der Waals surface area contributed by atoms with E-state index < -0.39 is 0 Å². The largest absolute Gasteiger partial charge is 0.350 e. The number of aromatic amines is 1. The molecule has 0 unspecified atom stereocenters. The van der Waals surface area contributed by atoms with Crippen molar-refractivity contribution in [1.82, 2.24) is 29.9 Å². The van der Waals surface area contributed by atoms with Gasteiger partial charge < -0.3 is 5.32 Å². The number of nitrogens with zero attached hydrogens (tertiary/aromatic N) is 4. The van der Waals surface area contributed by atoms with E-state index >= 15 is 0 Å². The lowest BCUT2D eigenvalue weighted by Gasteiger charge is -2.06. The number of para-hydroxylation sites is 1. The van der Waals surface area contributed by atoms with E-state index in [2.05, 4.69) is 20.6 Å². The molecule has 0 radical (unpaired) electrons. The van der Waals surface area contributed by atoms with Crippen molar-refractivity contribution in [3.63, 3.8) is 0 Å². The minimum Gasteiger partial charge on any atom is -0.350 e. The summed E-state index contributed by atoms with van der Waals surface area (Å²) >= 11 is 6.81. The maximum Gasteiger partial charge on any atom is 0.240 e. The third kappa shape index (κ3) is 3.88. The van der Waals surface area contributed by atoms with Crippen LogP contribution in [-0.4, -0.2) is 30.5 Å². The van der Waals surface area contributed by atoms with Crippen LogP contribution in [0.2, 0.25) is 0 Å². The first-order valence-electron chi connectivity index (χ1n) is 8.25. The summed E-state index contributed by atoms with van der Waals surface area (Å²) < 4.78 is 3.90. The fourth-order valence-electron chi connectivity index (χ4n) is 2.63. The molecule has 136 valence electrons. The number of thiophene rings is 1. The summed E-state index contributed by atoms with van der Waals surface area (Å²) in [6.45, 7) is 0.501. The zero-order valence-corrected chi connectivity index (χ0v) is 15.8. The average molecular weight is 397 g/mol. The number of carbonyl (C=O) groups excluding carboxylic acids is 1. The second-order valence-electron chi connectivity index (χ2n) is 5.82. The van der Waals surface area contributed by atoms with Crippen molar-refractivity contribution in [3.05, 3.63) is 70.6 Å². The SMILES string of the molecule is O=C(Cn1c(-c2cccs2)n[nH]c1=S)NCc1cnn(-c2ccccc2)c1. The monoisotopic (exact) mass is 396 g/mol. The average Bonchev–Trinajstić information content (AvgIpc) is 3.43.